The number of aromatic nitrogens is 4. The molecule has 0 fully saturated rings. The van der Waals surface area contributed by atoms with E-state index >= 15 is 0 Å². The average Bonchev–Trinajstić information content (AvgIpc) is 2.79. The van der Waals surface area contributed by atoms with E-state index in [-0.39, 0.29) is 5.41 Å². The third-order valence-electron chi connectivity index (χ3n) is 3.47. The lowest BCUT2D eigenvalue weighted by Gasteiger charge is -2.17. The van der Waals surface area contributed by atoms with Gasteiger partial charge in [-0.2, -0.15) is 5.10 Å². The first-order valence-corrected chi connectivity index (χ1v) is 7.53. The topological polar surface area (TPSA) is 64.9 Å². The van der Waals surface area contributed by atoms with Gasteiger partial charge in [0, 0.05) is 25.2 Å². The lowest BCUT2D eigenvalue weighted by atomic mass is 9.96. The predicted octanol–water partition coefficient (Wildman–Crippen LogP) is 2.69. The van der Waals surface area contributed by atoms with Crippen molar-refractivity contribution >= 4 is 5.82 Å². The molecule has 0 atom stereocenters. The number of anilines is 1. The number of rotatable bonds is 5. The van der Waals surface area contributed by atoms with Gasteiger partial charge in [-0.3, -0.25) is 0 Å². The molecule has 0 bridgehead atoms. The van der Waals surface area contributed by atoms with Gasteiger partial charge >= 0.3 is 0 Å². The van der Waals surface area contributed by atoms with Crippen molar-refractivity contribution < 1.29 is 4.74 Å². The Morgan fingerprint density at radius 2 is 2.05 bits per heavy atom. The van der Waals surface area contributed by atoms with Crippen LogP contribution in [0.4, 0.5) is 5.82 Å². The highest BCUT2D eigenvalue weighted by molar-refractivity contribution is 5.39. The first-order valence-electron chi connectivity index (χ1n) is 7.53. The van der Waals surface area contributed by atoms with E-state index in [1.807, 2.05) is 13.1 Å². The Morgan fingerprint density at radius 1 is 1.32 bits per heavy atom. The zero-order chi connectivity index (χ0) is 16.3. The molecule has 22 heavy (non-hydrogen) atoms. The molecule has 0 aliphatic carbocycles. The smallest absolute Gasteiger partial charge is 0.216 e. The molecule has 0 aliphatic rings. The van der Waals surface area contributed by atoms with Gasteiger partial charge in [0.1, 0.15) is 11.6 Å². The Kier molecular flexibility index (Phi) is 4.68. The highest BCUT2D eigenvalue weighted by atomic mass is 16.5. The zero-order valence-corrected chi connectivity index (χ0v) is 14.3. The van der Waals surface area contributed by atoms with E-state index < -0.39 is 0 Å². The van der Waals surface area contributed by atoms with Crippen LogP contribution in [-0.2, 0) is 25.4 Å². The van der Waals surface area contributed by atoms with Crippen molar-refractivity contribution in [2.45, 2.75) is 46.1 Å². The van der Waals surface area contributed by atoms with Crippen LogP contribution in [0.3, 0.4) is 0 Å². The molecule has 1 N–H and O–H groups in total. The number of methoxy groups -OCH3 is 1. The summed E-state index contributed by atoms with van der Waals surface area (Å²) in [5.74, 6) is 2.42. The first-order chi connectivity index (χ1) is 10.4. The van der Waals surface area contributed by atoms with Crippen LogP contribution in [0.1, 0.15) is 44.8 Å². The fourth-order valence-electron chi connectivity index (χ4n) is 2.32. The molecule has 0 aliphatic heterocycles. The maximum Gasteiger partial charge on any atom is 0.216 e. The number of nitrogens with zero attached hydrogens (tertiary/aromatic N) is 4. The molecule has 2 aromatic heterocycles. The number of hydrogen-bond donors (Lipinski definition) is 1. The highest BCUT2D eigenvalue weighted by Crippen LogP contribution is 2.24. The summed E-state index contributed by atoms with van der Waals surface area (Å²) in [5.41, 5.74) is 2.04. The minimum absolute atomic E-state index is 0.0712. The molecular formula is C16H25N5O. The fraction of sp³-hybridized carbons (Fsp3) is 0.562. The molecule has 0 unspecified atom stereocenters. The Labute approximate surface area is 131 Å². The van der Waals surface area contributed by atoms with Gasteiger partial charge in [-0.1, -0.05) is 27.7 Å². The Hall–Kier alpha value is -2.11. The van der Waals surface area contributed by atoms with Crippen LogP contribution >= 0.6 is 0 Å². The molecule has 6 nitrogen and oxygen atoms in total. The van der Waals surface area contributed by atoms with Gasteiger partial charge in [-0.05, 0) is 12.5 Å². The Morgan fingerprint density at radius 3 is 2.64 bits per heavy atom. The van der Waals surface area contributed by atoms with Crippen LogP contribution < -0.4 is 10.1 Å². The summed E-state index contributed by atoms with van der Waals surface area (Å²) in [5, 5.41) is 7.84. The molecule has 0 amide bonds. The molecule has 0 aromatic carbocycles. The maximum atomic E-state index is 5.45. The van der Waals surface area contributed by atoms with Crippen molar-refractivity contribution in [1.29, 1.82) is 0 Å². The lowest BCUT2D eigenvalue weighted by molar-refractivity contribution is 0.369. The van der Waals surface area contributed by atoms with Crippen LogP contribution in [0.25, 0.3) is 0 Å². The minimum Gasteiger partial charge on any atom is -0.481 e. The molecule has 0 saturated carbocycles. The van der Waals surface area contributed by atoms with Gasteiger partial charge in [0.15, 0.2) is 0 Å². The average molecular weight is 303 g/mol. The fourth-order valence-corrected chi connectivity index (χ4v) is 2.32. The molecule has 0 radical (unpaired) electrons. The molecular weight excluding hydrogens is 278 g/mol. The van der Waals surface area contributed by atoms with Gasteiger partial charge < -0.3 is 10.1 Å². The number of aryl methyl sites for hydroxylation is 2. The second-order valence-corrected chi connectivity index (χ2v) is 6.28. The van der Waals surface area contributed by atoms with Crippen LogP contribution in [0, 0.1) is 0 Å². The van der Waals surface area contributed by atoms with E-state index in [0.717, 1.165) is 35.2 Å². The second-order valence-electron chi connectivity index (χ2n) is 6.28. The molecule has 120 valence electrons. The third-order valence-corrected chi connectivity index (χ3v) is 3.47. The van der Waals surface area contributed by atoms with E-state index in [1.54, 1.807) is 18.0 Å². The van der Waals surface area contributed by atoms with Crippen molar-refractivity contribution in [2.24, 2.45) is 7.05 Å². The molecule has 2 heterocycles. The van der Waals surface area contributed by atoms with Crippen LogP contribution in [0.15, 0.2) is 12.3 Å². The largest absolute Gasteiger partial charge is 0.481 e. The van der Waals surface area contributed by atoms with E-state index in [9.17, 15) is 0 Å². The van der Waals surface area contributed by atoms with Crippen molar-refractivity contribution in [2.75, 3.05) is 12.4 Å². The Bertz CT molecular complexity index is 642. The molecule has 2 rings (SSSR count). The number of ether oxygens (including phenoxy) is 1. The van der Waals surface area contributed by atoms with E-state index in [4.69, 9.17) is 4.74 Å². The lowest BCUT2D eigenvalue weighted by Crippen LogP contribution is -2.17. The molecule has 0 saturated heterocycles. The first kappa shape index (κ1) is 16.3. The predicted molar refractivity (Wildman–Crippen MR) is 87.2 cm³/mol. The maximum absolute atomic E-state index is 5.45. The summed E-state index contributed by atoms with van der Waals surface area (Å²) < 4.78 is 7.23. The van der Waals surface area contributed by atoms with E-state index in [1.165, 1.54) is 0 Å². The molecule has 6 heteroatoms. The summed E-state index contributed by atoms with van der Waals surface area (Å²) in [6.07, 6.45) is 2.66. The molecule has 0 spiro atoms. The van der Waals surface area contributed by atoms with E-state index in [0.29, 0.717) is 6.54 Å². The van der Waals surface area contributed by atoms with Gasteiger partial charge in [0.25, 0.3) is 0 Å². The summed E-state index contributed by atoms with van der Waals surface area (Å²) >= 11 is 0. The zero-order valence-electron chi connectivity index (χ0n) is 14.3. The summed E-state index contributed by atoms with van der Waals surface area (Å²) in [6, 6.07) is 1.88. The monoisotopic (exact) mass is 303 g/mol. The van der Waals surface area contributed by atoms with Crippen molar-refractivity contribution in [3.8, 4) is 5.88 Å². The summed E-state index contributed by atoms with van der Waals surface area (Å²) in [6.45, 7) is 9.02. The van der Waals surface area contributed by atoms with Crippen molar-refractivity contribution in [3.63, 3.8) is 0 Å². The number of hydrogen-bond acceptors (Lipinski definition) is 5. The van der Waals surface area contributed by atoms with Crippen molar-refractivity contribution in [1.82, 2.24) is 19.7 Å². The van der Waals surface area contributed by atoms with Gasteiger partial charge in [-0.15, -0.1) is 0 Å². The van der Waals surface area contributed by atoms with E-state index in [2.05, 4.69) is 48.1 Å². The SMILES string of the molecule is CCc1nn(C)c(OC)c1CNc1ccnc(C(C)(C)C)n1. The molecule has 2 aromatic rings. The Balaban J connectivity index is 2.20. The number of nitrogens with one attached hydrogen (secondary N) is 1. The van der Waals surface area contributed by atoms with Crippen LogP contribution in [-0.4, -0.2) is 26.9 Å². The van der Waals surface area contributed by atoms with Gasteiger partial charge in [0.05, 0.1) is 18.4 Å². The van der Waals surface area contributed by atoms with Crippen molar-refractivity contribution in [3.05, 3.63) is 29.3 Å². The normalized spacial score (nSPS) is 11.5. The standard InChI is InChI=1S/C16H25N5O/c1-7-12-11(14(22-6)21(5)20-12)10-18-13-8-9-17-15(19-13)16(2,3)4/h8-9H,7,10H2,1-6H3,(H,17,18,19). The van der Waals surface area contributed by atoms with Crippen LogP contribution in [0.2, 0.25) is 0 Å². The van der Waals surface area contributed by atoms with Crippen LogP contribution in [0.5, 0.6) is 5.88 Å². The quantitative estimate of drug-likeness (QED) is 0.920. The second kappa shape index (κ2) is 6.34. The summed E-state index contributed by atoms with van der Waals surface area (Å²) in [4.78, 5) is 8.93. The summed E-state index contributed by atoms with van der Waals surface area (Å²) in [7, 11) is 3.56. The van der Waals surface area contributed by atoms with Gasteiger partial charge in [0.2, 0.25) is 5.88 Å². The highest BCUT2D eigenvalue weighted by Gasteiger charge is 2.18. The third kappa shape index (κ3) is 3.37. The minimum atomic E-state index is -0.0712. The van der Waals surface area contributed by atoms with Gasteiger partial charge in [-0.25, -0.2) is 14.6 Å².